The lowest BCUT2D eigenvalue weighted by atomic mass is 10.1. The lowest BCUT2D eigenvalue weighted by Crippen LogP contribution is -2.44. The summed E-state index contributed by atoms with van der Waals surface area (Å²) in [6.07, 6.45) is 3.21. The van der Waals surface area contributed by atoms with E-state index in [4.69, 9.17) is 0 Å². The first kappa shape index (κ1) is 26.2. The summed E-state index contributed by atoms with van der Waals surface area (Å²) in [5, 5.41) is 8.34. The van der Waals surface area contributed by atoms with Gasteiger partial charge in [0.15, 0.2) is 0 Å². The molecule has 0 spiro atoms. The molecule has 2 aromatic carbocycles. The second kappa shape index (κ2) is 12.0. The minimum atomic E-state index is -3.59. The number of benzene rings is 2. The molecule has 0 radical (unpaired) electrons. The van der Waals surface area contributed by atoms with Gasteiger partial charge in [0, 0.05) is 49.0 Å². The summed E-state index contributed by atoms with van der Waals surface area (Å²) >= 11 is 1.75. The molecule has 8 nitrogen and oxygen atoms in total. The molecule has 0 bridgehead atoms. The Bertz CT molecular complexity index is 1420. The summed E-state index contributed by atoms with van der Waals surface area (Å²) in [4.78, 5) is 12.6. The first-order valence-corrected chi connectivity index (χ1v) is 14.7. The number of hydrogen-bond donors (Lipinski definition) is 3. The molecule has 1 saturated heterocycles. The van der Waals surface area contributed by atoms with Crippen LogP contribution in [0.15, 0.2) is 83.2 Å². The fourth-order valence-corrected chi connectivity index (χ4v) is 6.33. The normalized spacial score (nSPS) is 14.9. The molecule has 11 heteroatoms. The molecule has 3 N–H and O–H groups in total. The molecule has 0 saturated carbocycles. The molecular formula is C27H29FN6O2S2. The molecule has 4 aromatic rings. The van der Waals surface area contributed by atoms with E-state index in [1.54, 1.807) is 60.0 Å². The Kier molecular flexibility index (Phi) is 8.28. The first-order valence-electron chi connectivity index (χ1n) is 12.4. The summed E-state index contributed by atoms with van der Waals surface area (Å²) in [5.41, 5.74) is 1.61. The average molecular weight is 553 g/mol. The highest BCUT2D eigenvalue weighted by atomic mass is 32.2. The van der Waals surface area contributed by atoms with Crippen molar-refractivity contribution in [3.63, 3.8) is 0 Å². The van der Waals surface area contributed by atoms with Gasteiger partial charge in [0.05, 0.1) is 4.90 Å². The number of anilines is 3. The molecular weight excluding hydrogens is 523 g/mol. The number of aromatic nitrogens is 2. The van der Waals surface area contributed by atoms with Crippen molar-refractivity contribution in [3.05, 3.63) is 94.6 Å². The van der Waals surface area contributed by atoms with Crippen LogP contribution in [-0.2, 0) is 23.1 Å². The van der Waals surface area contributed by atoms with Crippen molar-refractivity contribution < 1.29 is 12.8 Å². The summed E-state index contributed by atoms with van der Waals surface area (Å²) in [5.74, 6) is 0.681. The Balaban J connectivity index is 1.11. The SMILES string of the molecule is O=S(=O)(NC1CCN(Cc2cccs2)CC1)c1ccc(CNc2nccc(Nc3ccc(F)cc3)n2)cc1. The Morgan fingerprint density at radius 3 is 2.47 bits per heavy atom. The number of nitrogens with one attached hydrogen (secondary N) is 3. The highest BCUT2D eigenvalue weighted by Gasteiger charge is 2.24. The third-order valence-corrected chi connectivity index (χ3v) is 8.72. The second-order valence-electron chi connectivity index (χ2n) is 9.15. The van der Waals surface area contributed by atoms with Gasteiger partial charge < -0.3 is 10.6 Å². The van der Waals surface area contributed by atoms with E-state index in [0.29, 0.717) is 24.0 Å². The number of halogens is 1. The van der Waals surface area contributed by atoms with Gasteiger partial charge in [0.1, 0.15) is 11.6 Å². The fraction of sp³-hybridized carbons (Fsp3) is 0.259. The quantitative estimate of drug-likeness (QED) is 0.255. The van der Waals surface area contributed by atoms with E-state index in [0.717, 1.165) is 38.0 Å². The lowest BCUT2D eigenvalue weighted by Gasteiger charge is -2.31. The number of nitrogens with zero attached hydrogens (tertiary/aromatic N) is 3. The van der Waals surface area contributed by atoms with Crippen LogP contribution in [0.3, 0.4) is 0 Å². The van der Waals surface area contributed by atoms with Gasteiger partial charge in [0.25, 0.3) is 0 Å². The zero-order valence-corrected chi connectivity index (χ0v) is 22.3. The summed E-state index contributed by atoms with van der Waals surface area (Å²) in [7, 11) is -3.59. The number of rotatable bonds is 10. The van der Waals surface area contributed by atoms with E-state index >= 15 is 0 Å². The van der Waals surface area contributed by atoms with E-state index in [9.17, 15) is 12.8 Å². The largest absolute Gasteiger partial charge is 0.350 e. The van der Waals surface area contributed by atoms with Crippen LogP contribution >= 0.6 is 11.3 Å². The molecule has 5 rings (SSSR count). The van der Waals surface area contributed by atoms with Crippen molar-refractivity contribution in [3.8, 4) is 0 Å². The Hall–Kier alpha value is -3.38. The van der Waals surface area contributed by atoms with Gasteiger partial charge in [-0.15, -0.1) is 11.3 Å². The second-order valence-corrected chi connectivity index (χ2v) is 11.9. The molecule has 1 aliphatic rings. The van der Waals surface area contributed by atoms with Crippen molar-refractivity contribution >= 4 is 38.8 Å². The van der Waals surface area contributed by atoms with E-state index < -0.39 is 10.0 Å². The minimum Gasteiger partial charge on any atom is -0.350 e. The summed E-state index contributed by atoms with van der Waals surface area (Å²) in [6, 6.07) is 18.7. The monoisotopic (exact) mass is 552 g/mol. The van der Waals surface area contributed by atoms with Crippen molar-refractivity contribution in [1.29, 1.82) is 0 Å². The maximum absolute atomic E-state index is 13.1. The van der Waals surface area contributed by atoms with Gasteiger partial charge in [0.2, 0.25) is 16.0 Å². The molecule has 0 amide bonds. The molecule has 38 heavy (non-hydrogen) atoms. The van der Waals surface area contributed by atoms with Crippen molar-refractivity contribution in [2.24, 2.45) is 0 Å². The molecule has 0 aliphatic carbocycles. The predicted molar refractivity (Wildman–Crippen MR) is 148 cm³/mol. The molecule has 0 unspecified atom stereocenters. The highest BCUT2D eigenvalue weighted by molar-refractivity contribution is 7.89. The van der Waals surface area contributed by atoms with Crippen molar-refractivity contribution in [2.45, 2.75) is 36.9 Å². The maximum atomic E-state index is 13.1. The van der Waals surface area contributed by atoms with E-state index in [2.05, 4.69) is 47.7 Å². The number of likely N-dealkylation sites (tertiary alicyclic amines) is 1. The lowest BCUT2D eigenvalue weighted by molar-refractivity contribution is 0.201. The molecule has 198 valence electrons. The number of piperidine rings is 1. The zero-order valence-electron chi connectivity index (χ0n) is 20.7. The van der Waals surface area contributed by atoms with E-state index in [-0.39, 0.29) is 16.8 Å². The first-order chi connectivity index (χ1) is 18.4. The Morgan fingerprint density at radius 2 is 1.76 bits per heavy atom. The fourth-order valence-electron chi connectivity index (χ4n) is 4.28. The minimum absolute atomic E-state index is 0.0612. The van der Waals surface area contributed by atoms with Gasteiger partial charge in [-0.2, -0.15) is 4.98 Å². The number of sulfonamides is 1. The van der Waals surface area contributed by atoms with Crippen LogP contribution in [0.1, 0.15) is 23.3 Å². The zero-order chi connectivity index (χ0) is 26.4. The average Bonchev–Trinajstić information content (AvgIpc) is 3.43. The summed E-state index contributed by atoms with van der Waals surface area (Å²) in [6.45, 7) is 3.10. The van der Waals surface area contributed by atoms with Crippen LogP contribution in [0.2, 0.25) is 0 Å². The maximum Gasteiger partial charge on any atom is 0.240 e. The number of thiophene rings is 1. The summed E-state index contributed by atoms with van der Waals surface area (Å²) < 4.78 is 41.9. The molecule has 3 heterocycles. The van der Waals surface area contributed by atoms with Gasteiger partial charge in [-0.25, -0.2) is 22.5 Å². The molecule has 1 aliphatic heterocycles. The Labute approximate surface area is 226 Å². The van der Waals surface area contributed by atoms with Gasteiger partial charge in [-0.05, 0) is 72.3 Å². The van der Waals surface area contributed by atoms with E-state index in [1.807, 2.05) is 0 Å². The molecule has 2 aromatic heterocycles. The standard InChI is InChI=1S/C27H29FN6O2S2/c28-21-5-7-22(8-6-21)31-26-11-14-29-27(32-26)30-18-20-3-9-25(10-4-20)38(35,36)33-23-12-15-34(16-13-23)19-24-2-1-17-37-24/h1-11,14,17,23,33H,12-13,15-16,18-19H2,(H2,29,30,31,32). The van der Waals surface area contributed by atoms with E-state index in [1.165, 1.54) is 17.0 Å². The van der Waals surface area contributed by atoms with Crippen LogP contribution in [-0.4, -0.2) is 42.4 Å². The van der Waals surface area contributed by atoms with Crippen LogP contribution in [0.5, 0.6) is 0 Å². The van der Waals surface area contributed by atoms with Crippen LogP contribution in [0, 0.1) is 5.82 Å². The van der Waals surface area contributed by atoms with Crippen LogP contribution in [0.25, 0.3) is 0 Å². The van der Waals surface area contributed by atoms with Gasteiger partial charge in [-0.3, -0.25) is 4.90 Å². The third kappa shape index (κ3) is 7.13. The van der Waals surface area contributed by atoms with Crippen molar-refractivity contribution in [2.75, 3.05) is 23.7 Å². The van der Waals surface area contributed by atoms with Gasteiger partial charge in [-0.1, -0.05) is 18.2 Å². The van der Waals surface area contributed by atoms with Crippen LogP contribution < -0.4 is 15.4 Å². The molecule has 1 fully saturated rings. The topological polar surface area (TPSA) is 99.3 Å². The highest BCUT2D eigenvalue weighted by Crippen LogP contribution is 2.20. The smallest absolute Gasteiger partial charge is 0.240 e. The Morgan fingerprint density at radius 1 is 1.00 bits per heavy atom. The predicted octanol–water partition coefficient (Wildman–Crippen LogP) is 4.98. The number of hydrogen-bond acceptors (Lipinski definition) is 8. The van der Waals surface area contributed by atoms with Crippen molar-refractivity contribution in [1.82, 2.24) is 19.6 Å². The third-order valence-electron chi connectivity index (χ3n) is 6.33. The van der Waals surface area contributed by atoms with Gasteiger partial charge >= 0.3 is 0 Å². The molecule has 0 atom stereocenters. The van der Waals surface area contributed by atoms with Crippen LogP contribution in [0.4, 0.5) is 21.8 Å².